The van der Waals surface area contributed by atoms with Crippen LogP contribution in [0.5, 0.6) is 0 Å². The second-order valence-corrected chi connectivity index (χ2v) is 5.38. The van der Waals surface area contributed by atoms with Gasteiger partial charge < -0.3 is 14.8 Å². The number of benzene rings is 2. The minimum absolute atomic E-state index is 0.0302. The van der Waals surface area contributed by atoms with Gasteiger partial charge in [-0.2, -0.15) is 0 Å². The van der Waals surface area contributed by atoms with Crippen LogP contribution in [0.4, 0.5) is 11.4 Å². The largest absolute Gasteiger partial charge is 0.465 e. The van der Waals surface area contributed by atoms with Gasteiger partial charge >= 0.3 is 11.9 Å². The van der Waals surface area contributed by atoms with Crippen molar-refractivity contribution in [2.24, 2.45) is 0 Å². The molecule has 0 aliphatic rings. The number of carbonyl (C=O) groups is 3. The van der Waals surface area contributed by atoms with Crippen molar-refractivity contribution in [1.29, 1.82) is 0 Å². The molecular weight excluding hydrogens is 368 g/mol. The van der Waals surface area contributed by atoms with Crippen molar-refractivity contribution < 1.29 is 28.8 Å². The maximum Gasteiger partial charge on any atom is 0.339 e. The number of methoxy groups -OCH3 is 2. The van der Waals surface area contributed by atoms with Gasteiger partial charge in [-0.1, -0.05) is 12.1 Å². The van der Waals surface area contributed by atoms with Crippen molar-refractivity contribution >= 4 is 35.3 Å². The molecule has 9 nitrogen and oxygen atoms in total. The Morgan fingerprint density at radius 2 is 1.71 bits per heavy atom. The van der Waals surface area contributed by atoms with E-state index in [1.807, 2.05) is 0 Å². The van der Waals surface area contributed by atoms with E-state index in [1.165, 1.54) is 56.7 Å². The summed E-state index contributed by atoms with van der Waals surface area (Å²) in [6.45, 7) is 0. The average Bonchev–Trinajstić information content (AvgIpc) is 2.71. The van der Waals surface area contributed by atoms with Gasteiger partial charge in [-0.15, -0.1) is 0 Å². The lowest BCUT2D eigenvalue weighted by Crippen LogP contribution is -2.14. The van der Waals surface area contributed by atoms with Crippen molar-refractivity contribution in [1.82, 2.24) is 0 Å². The summed E-state index contributed by atoms with van der Waals surface area (Å²) >= 11 is 0. The Balaban J connectivity index is 2.31. The van der Waals surface area contributed by atoms with Gasteiger partial charge in [-0.25, -0.2) is 9.59 Å². The molecule has 28 heavy (non-hydrogen) atoms. The lowest BCUT2D eigenvalue weighted by atomic mass is 10.1. The van der Waals surface area contributed by atoms with Gasteiger partial charge in [0.2, 0.25) is 5.91 Å². The molecule has 0 saturated heterocycles. The molecule has 2 aromatic carbocycles. The molecule has 0 radical (unpaired) electrons. The van der Waals surface area contributed by atoms with Gasteiger partial charge in [0.15, 0.2) is 0 Å². The van der Waals surface area contributed by atoms with E-state index in [1.54, 1.807) is 6.07 Å². The molecule has 0 fully saturated rings. The van der Waals surface area contributed by atoms with Crippen LogP contribution in [0.3, 0.4) is 0 Å². The summed E-state index contributed by atoms with van der Waals surface area (Å²) < 4.78 is 9.28. The lowest BCUT2D eigenvalue weighted by Gasteiger charge is -2.10. The molecule has 0 saturated carbocycles. The molecule has 144 valence electrons. The van der Waals surface area contributed by atoms with Crippen LogP contribution in [0.1, 0.15) is 26.3 Å². The third-order valence-corrected chi connectivity index (χ3v) is 3.65. The van der Waals surface area contributed by atoms with E-state index >= 15 is 0 Å². The molecule has 0 aliphatic heterocycles. The highest BCUT2D eigenvalue weighted by Crippen LogP contribution is 2.21. The number of amides is 1. The maximum absolute atomic E-state index is 12.2. The van der Waals surface area contributed by atoms with E-state index in [2.05, 4.69) is 14.8 Å². The number of anilines is 1. The third-order valence-electron chi connectivity index (χ3n) is 3.65. The molecule has 1 N–H and O–H groups in total. The standard InChI is InChI=1S/C19H16N2O7/c1-27-18(23)13-7-9-14(19(24)28-2)15(11-13)20-17(22)10-8-12-5-3-4-6-16(12)21(25)26/h3-11H,1-2H3,(H,20,22)/b10-8+. The van der Waals surface area contributed by atoms with E-state index < -0.39 is 22.8 Å². The number of carbonyl (C=O) groups excluding carboxylic acids is 3. The fourth-order valence-corrected chi connectivity index (χ4v) is 2.32. The number of esters is 2. The number of ether oxygens (including phenoxy) is 2. The maximum atomic E-state index is 12.2. The number of rotatable bonds is 6. The highest BCUT2D eigenvalue weighted by molar-refractivity contribution is 6.07. The second-order valence-electron chi connectivity index (χ2n) is 5.38. The number of nitrogens with one attached hydrogen (secondary N) is 1. The molecule has 0 bridgehead atoms. The van der Waals surface area contributed by atoms with E-state index in [0.29, 0.717) is 0 Å². The van der Waals surface area contributed by atoms with E-state index in [9.17, 15) is 24.5 Å². The van der Waals surface area contributed by atoms with E-state index in [0.717, 1.165) is 6.08 Å². The first kappa shape index (κ1) is 20.3. The minimum Gasteiger partial charge on any atom is -0.465 e. The Hall–Kier alpha value is -4.01. The second kappa shape index (κ2) is 9.08. The molecule has 2 rings (SSSR count). The molecule has 9 heteroatoms. The molecule has 2 aromatic rings. The van der Waals surface area contributed by atoms with Crippen molar-refractivity contribution in [2.45, 2.75) is 0 Å². The fraction of sp³-hybridized carbons (Fsp3) is 0.105. The first-order valence-corrected chi connectivity index (χ1v) is 7.90. The average molecular weight is 384 g/mol. The zero-order valence-corrected chi connectivity index (χ0v) is 15.0. The Morgan fingerprint density at radius 3 is 2.36 bits per heavy atom. The molecule has 1 amide bonds. The first-order valence-electron chi connectivity index (χ1n) is 7.90. The topological polar surface area (TPSA) is 125 Å². The van der Waals surface area contributed by atoms with Gasteiger partial charge in [-0.05, 0) is 30.3 Å². The Labute approximate surface area is 159 Å². The molecule has 0 spiro atoms. The quantitative estimate of drug-likeness (QED) is 0.351. The predicted molar refractivity (Wildman–Crippen MR) is 99.9 cm³/mol. The normalized spacial score (nSPS) is 10.4. The van der Waals surface area contributed by atoms with Gasteiger partial charge in [0.25, 0.3) is 5.69 Å². The fourth-order valence-electron chi connectivity index (χ4n) is 2.32. The van der Waals surface area contributed by atoms with Gasteiger partial charge in [0.1, 0.15) is 0 Å². The SMILES string of the molecule is COC(=O)c1ccc(C(=O)OC)c(NC(=O)/C=C/c2ccccc2[N+](=O)[O-])c1. The zero-order valence-electron chi connectivity index (χ0n) is 15.0. The summed E-state index contributed by atoms with van der Waals surface area (Å²) in [6.07, 6.45) is 2.35. The van der Waals surface area contributed by atoms with E-state index in [4.69, 9.17) is 0 Å². The Bertz CT molecular complexity index is 967. The van der Waals surface area contributed by atoms with Crippen LogP contribution in [0.25, 0.3) is 6.08 Å². The zero-order chi connectivity index (χ0) is 20.7. The summed E-state index contributed by atoms with van der Waals surface area (Å²) in [7, 11) is 2.38. The molecule has 0 atom stereocenters. The van der Waals surface area contributed by atoms with Crippen molar-refractivity contribution in [3.8, 4) is 0 Å². The van der Waals surface area contributed by atoms with Crippen LogP contribution < -0.4 is 5.32 Å². The monoisotopic (exact) mass is 384 g/mol. The van der Waals surface area contributed by atoms with Gasteiger partial charge in [0, 0.05) is 12.1 Å². The smallest absolute Gasteiger partial charge is 0.339 e. The summed E-state index contributed by atoms with van der Waals surface area (Å²) in [5, 5.41) is 13.5. The van der Waals surface area contributed by atoms with Crippen molar-refractivity contribution in [2.75, 3.05) is 19.5 Å². The van der Waals surface area contributed by atoms with Crippen molar-refractivity contribution in [3.63, 3.8) is 0 Å². The number of hydrogen-bond acceptors (Lipinski definition) is 7. The Kier molecular flexibility index (Phi) is 6.58. The molecule has 0 heterocycles. The van der Waals surface area contributed by atoms with Crippen LogP contribution >= 0.6 is 0 Å². The number of nitro benzene ring substituents is 1. The van der Waals surface area contributed by atoms with Gasteiger partial charge in [-0.3, -0.25) is 14.9 Å². The van der Waals surface area contributed by atoms with Gasteiger partial charge in [0.05, 0.1) is 41.5 Å². The highest BCUT2D eigenvalue weighted by Gasteiger charge is 2.17. The molecule has 0 unspecified atom stereocenters. The summed E-state index contributed by atoms with van der Waals surface area (Å²) in [5.41, 5.74) is 0.260. The van der Waals surface area contributed by atoms with Crippen LogP contribution in [0.15, 0.2) is 48.5 Å². The van der Waals surface area contributed by atoms with Crippen LogP contribution in [0, 0.1) is 10.1 Å². The van der Waals surface area contributed by atoms with E-state index in [-0.39, 0.29) is 28.1 Å². The molecular formula is C19H16N2O7. The van der Waals surface area contributed by atoms with Crippen LogP contribution in [-0.4, -0.2) is 37.0 Å². The number of nitrogens with zero attached hydrogens (tertiary/aromatic N) is 1. The number of hydrogen-bond donors (Lipinski definition) is 1. The Morgan fingerprint density at radius 1 is 1.04 bits per heavy atom. The lowest BCUT2D eigenvalue weighted by molar-refractivity contribution is -0.385. The minimum atomic E-state index is -0.714. The van der Waals surface area contributed by atoms with Crippen LogP contribution in [-0.2, 0) is 14.3 Å². The number of nitro groups is 1. The molecule has 0 aromatic heterocycles. The summed E-state index contributed by atoms with van der Waals surface area (Å²) in [4.78, 5) is 46.3. The van der Waals surface area contributed by atoms with Crippen molar-refractivity contribution in [3.05, 3.63) is 75.3 Å². The highest BCUT2D eigenvalue weighted by atomic mass is 16.6. The predicted octanol–water partition coefficient (Wildman–Crippen LogP) is 2.82. The number of para-hydroxylation sites is 1. The first-order chi connectivity index (χ1) is 13.4. The summed E-state index contributed by atoms with van der Waals surface area (Å²) in [5.74, 6) is -2.03. The van der Waals surface area contributed by atoms with Crippen LogP contribution in [0.2, 0.25) is 0 Å². The molecule has 0 aliphatic carbocycles. The summed E-state index contributed by atoms with van der Waals surface area (Å²) in [6, 6.07) is 9.86. The third kappa shape index (κ3) is 4.79.